The lowest BCUT2D eigenvalue weighted by Gasteiger charge is -2.32. The maximum Gasteiger partial charge on any atom is 0.325 e. The molecule has 5 rings (SSSR count). The fourth-order valence-corrected chi connectivity index (χ4v) is 5.95. The summed E-state index contributed by atoms with van der Waals surface area (Å²) in [4.78, 5) is 45.5. The monoisotopic (exact) mass is 412 g/mol. The van der Waals surface area contributed by atoms with E-state index in [0.717, 1.165) is 41.1 Å². The number of urea groups is 1. The van der Waals surface area contributed by atoms with Crippen molar-refractivity contribution in [1.82, 2.24) is 20.1 Å². The number of nitrogens with one attached hydrogen (secondary N) is 1. The molecule has 1 spiro atoms. The van der Waals surface area contributed by atoms with Crippen LogP contribution in [0.4, 0.5) is 4.79 Å². The van der Waals surface area contributed by atoms with Crippen LogP contribution in [0.1, 0.15) is 49.5 Å². The number of likely N-dealkylation sites (tertiary alicyclic amines) is 1. The molecule has 0 bridgehead atoms. The van der Waals surface area contributed by atoms with Crippen LogP contribution in [0.3, 0.4) is 0 Å². The quantitative estimate of drug-likeness (QED) is 0.786. The van der Waals surface area contributed by atoms with E-state index < -0.39 is 11.6 Å². The Bertz CT molecular complexity index is 940. The first kappa shape index (κ1) is 18.5. The number of piperidine rings is 1. The summed E-state index contributed by atoms with van der Waals surface area (Å²) >= 11 is 1.73. The number of amides is 4. The third-order valence-electron chi connectivity index (χ3n) is 6.50. The normalized spacial score (nSPS) is 22.1. The van der Waals surface area contributed by atoms with E-state index in [2.05, 4.69) is 11.4 Å². The van der Waals surface area contributed by atoms with E-state index in [-0.39, 0.29) is 18.4 Å². The van der Waals surface area contributed by atoms with Crippen molar-refractivity contribution in [3.8, 4) is 0 Å². The molecule has 1 N–H and O–H groups in total. The number of thiazole rings is 1. The van der Waals surface area contributed by atoms with E-state index in [9.17, 15) is 14.4 Å². The molecule has 1 aromatic heterocycles. The molecule has 3 aliphatic rings. The highest BCUT2D eigenvalue weighted by Crippen LogP contribution is 2.36. The second-order valence-electron chi connectivity index (χ2n) is 8.29. The van der Waals surface area contributed by atoms with Gasteiger partial charge in [0.2, 0.25) is 5.91 Å². The first-order valence-corrected chi connectivity index (χ1v) is 11.1. The summed E-state index contributed by atoms with van der Waals surface area (Å²) in [5, 5.41) is 3.97. The number of hydrogen-bond donors (Lipinski definition) is 1. The lowest BCUT2D eigenvalue weighted by atomic mass is 9.97. The van der Waals surface area contributed by atoms with Gasteiger partial charge < -0.3 is 10.2 Å². The van der Waals surface area contributed by atoms with Gasteiger partial charge in [0.1, 0.15) is 12.1 Å². The summed E-state index contributed by atoms with van der Waals surface area (Å²) in [6.07, 6.45) is 4.94. The number of carbonyl (C=O) groups is 3. The molecule has 0 atom stereocenters. The first-order chi connectivity index (χ1) is 14.1. The van der Waals surface area contributed by atoms with Crippen LogP contribution in [0.5, 0.6) is 0 Å². The molecular formula is C21H24N4O3S. The van der Waals surface area contributed by atoms with Crippen molar-refractivity contribution < 1.29 is 14.4 Å². The molecular weight excluding hydrogens is 388 g/mol. The average Bonchev–Trinajstić information content (AvgIpc) is 3.43. The highest BCUT2D eigenvalue weighted by atomic mass is 32.1. The molecule has 0 radical (unpaired) electrons. The largest absolute Gasteiger partial charge is 0.341 e. The van der Waals surface area contributed by atoms with Crippen molar-refractivity contribution in [2.45, 2.75) is 50.0 Å². The molecule has 2 saturated heterocycles. The van der Waals surface area contributed by atoms with Gasteiger partial charge in [0.15, 0.2) is 0 Å². The molecule has 2 aromatic rings. The average molecular weight is 413 g/mol. The van der Waals surface area contributed by atoms with E-state index in [4.69, 9.17) is 4.98 Å². The molecule has 29 heavy (non-hydrogen) atoms. The van der Waals surface area contributed by atoms with Gasteiger partial charge in [0.25, 0.3) is 5.91 Å². The van der Waals surface area contributed by atoms with Crippen molar-refractivity contribution in [2.24, 2.45) is 0 Å². The first-order valence-electron chi connectivity index (χ1n) is 10.3. The van der Waals surface area contributed by atoms with Gasteiger partial charge in [-0.1, -0.05) is 25.0 Å². The van der Waals surface area contributed by atoms with Gasteiger partial charge in [-0.3, -0.25) is 14.5 Å². The molecule has 7 nitrogen and oxygen atoms in total. The highest BCUT2D eigenvalue weighted by molar-refractivity contribution is 7.18. The number of fused-ring (bicyclic) bond motifs is 1. The molecule has 152 valence electrons. The minimum atomic E-state index is -0.753. The Morgan fingerprint density at radius 3 is 2.62 bits per heavy atom. The zero-order chi connectivity index (χ0) is 20.0. The number of rotatable bonds is 3. The SMILES string of the molecule is O=C(CN1C(=O)NC2(CCCC2)C1=O)N1CCC(c2nc3ccccc3s2)CC1. The molecule has 4 amide bonds. The van der Waals surface area contributed by atoms with E-state index in [1.54, 1.807) is 16.2 Å². The number of benzene rings is 1. The second-order valence-corrected chi connectivity index (χ2v) is 9.35. The summed E-state index contributed by atoms with van der Waals surface area (Å²) in [6, 6.07) is 7.72. The predicted molar refractivity (Wildman–Crippen MR) is 110 cm³/mol. The number of imide groups is 1. The van der Waals surface area contributed by atoms with Crippen LogP contribution < -0.4 is 5.32 Å². The Morgan fingerprint density at radius 1 is 1.17 bits per heavy atom. The van der Waals surface area contributed by atoms with Crippen molar-refractivity contribution in [3.63, 3.8) is 0 Å². The van der Waals surface area contributed by atoms with Crippen LogP contribution >= 0.6 is 11.3 Å². The predicted octanol–water partition coefficient (Wildman–Crippen LogP) is 2.87. The van der Waals surface area contributed by atoms with Gasteiger partial charge in [-0.15, -0.1) is 11.3 Å². The molecule has 3 fully saturated rings. The van der Waals surface area contributed by atoms with Gasteiger partial charge in [0.05, 0.1) is 15.2 Å². The highest BCUT2D eigenvalue weighted by Gasteiger charge is 2.52. The maximum absolute atomic E-state index is 12.8. The van der Waals surface area contributed by atoms with Gasteiger partial charge in [-0.2, -0.15) is 0 Å². The molecule has 1 aliphatic carbocycles. The topological polar surface area (TPSA) is 82.6 Å². The summed E-state index contributed by atoms with van der Waals surface area (Å²) < 4.78 is 1.19. The third-order valence-corrected chi connectivity index (χ3v) is 7.70. The van der Waals surface area contributed by atoms with E-state index in [0.29, 0.717) is 31.8 Å². The summed E-state index contributed by atoms with van der Waals surface area (Å²) in [7, 11) is 0. The fraction of sp³-hybridized carbons (Fsp3) is 0.524. The third kappa shape index (κ3) is 3.19. The van der Waals surface area contributed by atoms with Crippen LogP contribution in [0.15, 0.2) is 24.3 Å². The van der Waals surface area contributed by atoms with Crippen molar-refractivity contribution in [3.05, 3.63) is 29.3 Å². The molecule has 8 heteroatoms. The summed E-state index contributed by atoms with van der Waals surface area (Å²) in [5.41, 5.74) is 0.280. The van der Waals surface area contributed by atoms with Crippen molar-refractivity contribution in [2.75, 3.05) is 19.6 Å². The Hall–Kier alpha value is -2.48. The van der Waals surface area contributed by atoms with Gasteiger partial charge >= 0.3 is 6.03 Å². The molecule has 1 saturated carbocycles. The molecule has 0 unspecified atom stereocenters. The smallest absolute Gasteiger partial charge is 0.325 e. The van der Waals surface area contributed by atoms with E-state index in [1.807, 2.05) is 18.2 Å². The van der Waals surface area contributed by atoms with Crippen LogP contribution in [0, 0.1) is 0 Å². The number of carbonyl (C=O) groups excluding carboxylic acids is 3. The fourth-order valence-electron chi connectivity index (χ4n) is 4.81. The van der Waals surface area contributed by atoms with Gasteiger partial charge in [0, 0.05) is 19.0 Å². The van der Waals surface area contributed by atoms with Crippen LogP contribution in [0.2, 0.25) is 0 Å². The zero-order valence-electron chi connectivity index (χ0n) is 16.2. The van der Waals surface area contributed by atoms with Gasteiger partial charge in [-0.05, 0) is 37.8 Å². The summed E-state index contributed by atoms with van der Waals surface area (Å²) in [5.74, 6) is -0.0149. The van der Waals surface area contributed by atoms with E-state index >= 15 is 0 Å². The zero-order valence-corrected chi connectivity index (χ0v) is 17.0. The number of aromatic nitrogens is 1. The Balaban J connectivity index is 1.20. The molecule has 3 heterocycles. The number of hydrogen-bond acceptors (Lipinski definition) is 5. The minimum absolute atomic E-state index is 0.147. The number of para-hydroxylation sites is 1. The van der Waals surface area contributed by atoms with Crippen LogP contribution in [-0.4, -0.2) is 57.8 Å². The maximum atomic E-state index is 12.8. The van der Waals surface area contributed by atoms with Gasteiger partial charge in [-0.25, -0.2) is 9.78 Å². The van der Waals surface area contributed by atoms with Crippen LogP contribution in [0.25, 0.3) is 10.2 Å². The molecule has 1 aromatic carbocycles. The van der Waals surface area contributed by atoms with E-state index in [1.165, 1.54) is 4.70 Å². The lowest BCUT2D eigenvalue weighted by Crippen LogP contribution is -2.47. The Kier molecular flexibility index (Phi) is 4.53. The van der Waals surface area contributed by atoms with Crippen molar-refractivity contribution >= 4 is 39.4 Å². The molecule has 2 aliphatic heterocycles. The Labute approximate surface area is 173 Å². The van der Waals surface area contributed by atoms with Crippen LogP contribution in [-0.2, 0) is 9.59 Å². The lowest BCUT2D eigenvalue weighted by molar-refractivity contribution is -0.139. The van der Waals surface area contributed by atoms with Crippen molar-refractivity contribution in [1.29, 1.82) is 0 Å². The minimum Gasteiger partial charge on any atom is -0.341 e. The second kappa shape index (κ2) is 7.09. The standard InChI is InChI=1S/C21H24N4O3S/c26-17(13-25-19(27)21(23-20(25)28)9-3-4-10-21)24-11-7-14(8-12-24)18-22-15-5-1-2-6-16(15)29-18/h1-2,5-6,14H,3-4,7-13H2,(H,23,28). The number of nitrogens with zero attached hydrogens (tertiary/aromatic N) is 3. The Morgan fingerprint density at radius 2 is 1.90 bits per heavy atom. The summed E-state index contributed by atoms with van der Waals surface area (Å²) in [6.45, 7) is 1.11.